The summed E-state index contributed by atoms with van der Waals surface area (Å²) < 4.78 is 4.99. The number of aromatic nitrogens is 2. The van der Waals surface area contributed by atoms with Gasteiger partial charge in [0, 0.05) is 24.6 Å². The van der Waals surface area contributed by atoms with Crippen molar-refractivity contribution in [3.05, 3.63) is 82.5 Å². The number of hydrogen-bond acceptors (Lipinski definition) is 4. The van der Waals surface area contributed by atoms with Crippen LogP contribution < -0.4 is 0 Å². The lowest BCUT2D eigenvalue weighted by Gasteiger charge is -2.06. The van der Waals surface area contributed by atoms with Gasteiger partial charge in [0.05, 0.1) is 0 Å². The summed E-state index contributed by atoms with van der Waals surface area (Å²) in [6.45, 7) is 3.89. The summed E-state index contributed by atoms with van der Waals surface area (Å²) in [7, 11) is 0. The average molecular weight is 322 g/mol. The van der Waals surface area contributed by atoms with Crippen LogP contribution in [-0.2, 0) is 12.8 Å². The molecule has 4 heteroatoms. The standard InChI is InChI=1S/C19H18N2OS/c1-13-4-3-5-16(10-13)11-18(23)17-8-6-15(7-9-17)12-19-20-14(2)22-21-19/h3-10H,11-12H2,1-2H3. The topological polar surface area (TPSA) is 38.9 Å². The number of rotatable bonds is 5. The van der Waals surface area contributed by atoms with Gasteiger partial charge in [0.25, 0.3) is 0 Å². The molecule has 3 nitrogen and oxygen atoms in total. The van der Waals surface area contributed by atoms with Gasteiger partial charge in [-0.25, -0.2) is 0 Å². The first-order valence-corrected chi connectivity index (χ1v) is 7.98. The lowest BCUT2D eigenvalue weighted by Crippen LogP contribution is -2.02. The van der Waals surface area contributed by atoms with E-state index in [1.165, 1.54) is 11.1 Å². The molecule has 23 heavy (non-hydrogen) atoms. The van der Waals surface area contributed by atoms with Gasteiger partial charge in [0.15, 0.2) is 5.82 Å². The highest BCUT2D eigenvalue weighted by Crippen LogP contribution is 2.13. The summed E-state index contributed by atoms with van der Waals surface area (Å²) in [5.74, 6) is 1.30. The Morgan fingerprint density at radius 1 is 1.04 bits per heavy atom. The number of nitrogens with zero attached hydrogens (tertiary/aromatic N) is 2. The Labute approximate surface area is 141 Å². The van der Waals surface area contributed by atoms with E-state index in [-0.39, 0.29) is 0 Å². The maximum absolute atomic E-state index is 5.58. The number of aryl methyl sites for hydroxylation is 2. The number of hydrogen-bond donors (Lipinski definition) is 0. The normalized spacial score (nSPS) is 10.7. The van der Waals surface area contributed by atoms with Gasteiger partial charge in [-0.15, -0.1) is 0 Å². The molecular formula is C19H18N2OS. The molecule has 0 fully saturated rings. The Morgan fingerprint density at radius 2 is 1.83 bits per heavy atom. The van der Waals surface area contributed by atoms with Crippen LogP contribution in [0, 0.1) is 13.8 Å². The largest absolute Gasteiger partial charge is 0.340 e. The Hall–Kier alpha value is -2.33. The van der Waals surface area contributed by atoms with Crippen molar-refractivity contribution in [1.29, 1.82) is 0 Å². The molecule has 3 rings (SSSR count). The van der Waals surface area contributed by atoms with Crippen molar-refractivity contribution in [1.82, 2.24) is 10.1 Å². The highest BCUT2D eigenvalue weighted by molar-refractivity contribution is 7.80. The molecule has 0 radical (unpaired) electrons. The van der Waals surface area contributed by atoms with Crippen molar-refractivity contribution in [2.75, 3.05) is 0 Å². The van der Waals surface area contributed by atoms with Gasteiger partial charge in [0.1, 0.15) is 0 Å². The summed E-state index contributed by atoms with van der Waals surface area (Å²) in [4.78, 5) is 5.18. The molecule has 0 unspecified atom stereocenters. The summed E-state index contributed by atoms with van der Waals surface area (Å²) >= 11 is 5.58. The van der Waals surface area contributed by atoms with Crippen LogP contribution in [-0.4, -0.2) is 15.0 Å². The number of benzene rings is 2. The van der Waals surface area contributed by atoms with Crippen molar-refractivity contribution in [3.8, 4) is 0 Å². The van der Waals surface area contributed by atoms with Crippen LogP contribution in [0.5, 0.6) is 0 Å². The lowest BCUT2D eigenvalue weighted by molar-refractivity contribution is 0.388. The molecule has 1 aromatic heterocycles. The molecule has 0 atom stereocenters. The fourth-order valence-electron chi connectivity index (χ4n) is 2.51. The molecule has 0 aliphatic carbocycles. The van der Waals surface area contributed by atoms with Gasteiger partial charge < -0.3 is 4.52 Å². The average Bonchev–Trinajstić information content (AvgIpc) is 2.93. The van der Waals surface area contributed by atoms with Crippen LogP contribution in [0.15, 0.2) is 53.1 Å². The van der Waals surface area contributed by atoms with Crippen molar-refractivity contribution < 1.29 is 4.52 Å². The van der Waals surface area contributed by atoms with Crippen molar-refractivity contribution in [2.24, 2.45) is 0 Å². The van der Waals surface area contributed by atoms with E-state index in [2.05, 4.69) is 65.6 Å². The molecule has 0 N–H and O–H groups in total. The fourth-order valence-corrected chi connectivity index (χ4v) is 2.82. The van der Waals surface area contributed by atoms with Crippen LogP contribution in [0.3, 0.4) is 0 Å². The third-order valence-corrected chi connectivity index (χ3v) is 4.03. The molecule has 1 heterocycles. The van der Waals surface area contributed by atoms with E-state index >= 15 is 0 Å². The molecular weight excluding hydrogens is 304 g/mol. The van der Waals surface area contributed by atoms with Gasteiger partial charge >= 0.3 is 0 Å². The first-order valence-electron chi connectivity index (χ1n) is 7.57. The Kier molecular flexibility index (Phi) is 4.63. The van der Waals surface area contributed by atoms with Gasteiger partial charge in [-0.3, -0.25) is 0 Å². The second-order valence-corrected chi connectivity index (χ2v) is 6.19. The highest BCUT2D eigenvalue weighted by atomic mass is 32.1. The predicted molar refractivity (Wildman–Crippen MR) is 94.9 cm³/mol. The second kappa shape index (κ2) is 6.84. The zero-order valence-electron chi connectivity index (χ0n) is 13.2. The molecule has 0 spiro atoms. The molecule has 2 aromatic carbocycles. The third-order valence-electron chi connectivity index (χ3n) is 3.65. The molecule has 0 saturated carbocycles. The van der Waals surface area contributed by atoms with Crippen LogP contribution in [0.25, 0.3) is 0 Å². The minimum absolute atomic E-state index is 0.593. The van der Waals surface area contributed by atoms with Crippen LogP contribution >= 0.6 is 12.2 Å². The number of thiocarbonyl (C=S) groups is 1. The van der Waals surface area contributed by atoms with E-state index in [4.69, 9.17) is 16.7 Å². The molecule has 116 valence electrons. The van der Waals surface area contributed by atoms with Crippen molar-refractivity contribution in [3.63, 3.8) is 0 Å². The molecule has 0 amide bonds. The summed E-state index contributed by atoms with van der Waals surface area (Å²) in [6.07, 6.45) is 1.46. The summed E-state index contributed by atoms with van der Waals surface area (Å²) in [6, 6.07) is 16.8. The van der Waals surface area contributed by atoms with E-state index in [1.807, 2.05) is 0 Å². The monoisotopic (exact) mass is 322 g/mol. The first kappa shape index (κ1) is 15.6. The SMILES string of the molecule is Cc1cccc(CC(=S)c2ccc(Cc3noc(C)n3)cc2)c1. The van der Waals surface area contributed by atoms with Crippen LogP contribution in [0.2, 0.25) is 0 Å². The van der Waals surface area contributed by atoms with Crippen molar-refractivity contribution in [2.45, 2.75) is 26.7 Å². The van der Waals surface area contributed by atoms with Crippen LogP contribution in [0.4, 0.5) is 0 Å². The minimum atomic E-state index is 0.593. The smallest absolute Gasteiger partial charge is 0.223 e. The zero-order chi connectivity index (χ0) is 16.2. The fraction of sp³-hybridized carbons (Fsp3) is 0.211. The van der Waals surface area contributed by atoms with E-state index < -0.39 is 0 Å². The molecule has 0 bridgehead atoms. The third kappa shape index (κ3) is 4.11. The Morgan fingerprint density at radius 3 is 2.48 bits per heavy atom. The molecule has 3 aromatic rings. The maximum Gasteiger partial charge on any atom is 0.223 e. The minimum Gasteiger partial charge on any atom is -0.340 e. The second-order valence-electron chi connectivity index (χ2n) is 5.69. The maximum atomic E-state index is 5.58. The van der Waals surface area contributed by atoms with Gasteiger partial charge in [-0.05, 0) is 23.6 Å². The quantitative estimate of drug-likeness (QED) is 0.520. The molecule has 0 saturated heterocycles. The lowest BCUT2D eigenvalue weighted by atomic mass is 10.0. The predicted octanol–water partition coefficient (Wildman–Crippen LogP) is 4.24. The Bertz CT molecular complexity index is 821. The van der Waals surface area contributed by atoms with E-state index in [0.29, 0.717) is 18.1 Å². The zero-order valence-corrected chi connectivity index (χ0v) is 14.1. The summed E-state index contributed by atoms with van der Waals surface area (Å²) in [5.41, 5.74) is 4.75. The van der Waals surface area contributed by atoms with Gasteiger partial charge in [-0.2, -0.15) is 4.98 Å². The van der Waals surface area contributed by atoms with Crippen LogP contribution in [0.1, 0.15) is 34.0 Å². The van der Waals surface area contributed by atoms with E-state index in [1.54, 1.807) is 6.92 Å². The van der Waals surface area contributed by atoms with Crippen molar-refractivity contribution >= 4 is 17.1 Å². The van der Waals surface area contributed by atoms with Gasteiger partial charge in [0.2, 0.25) is 5.89 Å². The van der Waals surface area contributed by atoms with Gasteiger partial charge in [-0.1, -0.05) is 71.5 Å². The summed E-state index contributed by atoms with van der Waals surface area (Å²) in [5, 5.41) is 3.92. The first-order chi connectivity index (χ1) is 11.1. The van der Waals surface area contributed by atoms with E-state index in [9.17, 15) is 0 Å². The Balaban J connectivity index is 1.67. The molecule has 0 aliphatic heterocycles. The highest BCUT2D eigenvalue weighted by Gasteiger charge is 2.06. The van der Waals surface area contributed by atoms with E-state index in [0.717, 1.165) is 22.4 Å². The molecule has 0 aliphatic rings.